The largest absolute Gasteiger partial charge is 0.385 e. The van der Waals surface area contributed by atoms with Gasteiger partial charge in [0.25, 0.3) is 0 Å². The molecule has 2 heteroatoms. The van der Waals surface area contributed by atoms with E-state index in [1.165, 1.54) is 17.7 Å². The van der Waals surface area contributed by atoms with Crippen LogP contribution in [0.4, 0.5) is 5.69 Å². The molecule has 0 aliphatic carbocycles. The first-order valence-corrected chi connectivity index (χ1v) is 6.51. The summed E-state index contributed by atoms with van der Waals surface area (Å²) in [6.45, 7) is 8.07. The Hall–Kier alpha value is -1.02. The number of aryl methyl sites for hydroxylation is 1. The van der Waals surface area contributed by atoms with E-state index in [2.05, 4.69) is 43.1 Å². The van der Waals surface area contributed by atoms with E-state index >= 15 is 0 Å². The molecule has 1 rings (SSSR count). The molecule has 2 nitrogen and oxygen atoms in total. The molecule has 0 N–H and O–H groups in total. The number of anilines is 1. The number of nitrogens with zero attached hydrogens (tertiary/aromatic N) is 1. The number of unbranched alkanes of at least 4 members (excludes halogenated alkanes) is 1. The lowest BCUT2D eigenvalue weighted by Gasteiger charge is -2.19. The molecule has 0 fully saturated rings. The van der Waals surface area contributed by atoms with Crippen LogP contribution in [0.25, 0.3) is 0 Å². The van der Waals surface area contributed by atoms with E-state index in [9.17, 15) is 0 Å². The molecule has 98 valence electrons. The molecule has 0 heterocycles. The zero-order valence-corrected chi connectivity index (χ0v) is 12.0. The van der Waals surface area contributed by atoms with Crippen molar-refractivity contribution in [1.29, 1.82) is 0 Å². The summed E-state index contributed by atoms with van der Waals surface area (Å²) in [5, 5.41) is 0. The van der Waals surface area contributed by atoms with Gasteiger partial charge in [0.2, 0.25) is 0 Å². The Kier molecular flexibility index (Phi) is 9.55. The third kappa shape index (κ3) is 7.01. The third-order valence-electron chi connectivity index (χ3n) is 2.57. The van der Waals surface area contributed by atoms with Gasteiger partial charge in [-0.25, -0.2) is 0 Å². The van der Waals surface area contributed by atoms with Crippen molar-refractivity contribution in [3.8, 4) is 0 Å². The summed E-state index contributed by atoms with van der Waals surface area (Å²) in [6.07, 6.45) is 2.31. The van der Waals surface area contributed by atoms with E-state index in [-0.39, 0.29) is 0 Å². The first-order valence-electron chi connectivity index (χ1n) is 6.51. The Morgan fingerprint density at radius 2 is 1.65 bits per heavy atom. The standard InChI is InChI=1S/C13H21NO.C2H6/c1-12-6-8-13(9-7-12)14(2)10-4-5-11-15-3;1-2/h6-9H,4-5,10-11H2,1-3H3;1-2H3. The van der Waals surface area contributed by atoms with E-state index in [1.54, 1.807) is 7.11 Å². The van der Waals surface area contributed by atoms with Crippen molar-refractivity contribution >= 4 is 5.69 Å². The average molecular weight is 237 g/mol. The van der Waals surface area contributed by atoms with Crippen LogP contribution in [0.3, 0.4) is 0 Å². The molecule has 0 unspecified atom stereocenters. The molecule has 0 atom stereocenters. The lowest BCUT2D eigenvalue weighted by atomic mass is 10.2. The first-order chi connectivity index (χ1) is 8.24. The van der Waals surface area contributed by atoms with Gasteiger partial charge in [-0.3, -0.25) is 0 Å². The van der Waals surface area contributed by atoms with Crippen molar-refractivity contribution in [2.45, 2.75) is 33.6 Å². The second-order valence-corrected chi connectivity index (χ2v) is 3.96. The molecule has 0 radical (unpaired) electrons. The minimum absolute atomic E-state index is 0.863. The van der Waals surface area contributed by atoms with Gasteiger partial charge in [-0.15, -0.1) is 0 Å². The number of rotatable bonds is 6. The number of ether oxygens (including phenoxy) is 1. The van der Waals surface area contributed by atoms with Gasteiger partial charge in [-0.1, -0.05) is 31.5 Å². The summed E-state index contributed by atoms with van der Waals surface area (Å²) in [6, 6.07) is 8.65. The maximum Gasteiger partial charge on any atom is 0.0462 e. The number of methoxy groups -OCH3 is 1. The second kappa shape index (κ2) is 10.2. The van der Waals surface area contributed by atoms with Gasteiger partial charge in [-0.2, -0.15) is 0 Å². The van der Waals surface area contributed by atoms with Crippen LogP contribution in [0.15, 0.2) is 24.3 Å². The van der Waals surface area contributed by atoms with Gasteiger partial charge < -0.3 is 9.64 Å². The molecule has 1 aromatic carbocycles. The molecule has 0 spiro atoms. The fourth-order valence-corrected chi connectivity index (χ4v) is 1.52. The number of hydrogen-bond donors (Lipinski definition) is 0. The summed E-state index contributed by atoms with van der Waals surface area (Å²) < 4.78 is 5.03. The van der Waals surface area contributed by atoms with Crippen LogP contribution in [-0.4, -0.2) is 27.3 Å². The van der Waals surface area contributed by atoms with Gasteiger partial charge in [0.1, 0.15) is 0 Å². The fraction of sp³-hybridized carbons (Fsp3) is 0.600. The first kappa shape index (κ1) is 16.0. The maximum absolute atomic E-state index is 5.03. The average Bonchev–Trinajstić information content (AvgIpc) is 2.38. The van der Waals surface area contributed by atoms with Crippen LogP contribution in [0.5, 0.6) is 0 Å². The van der Waals surface area contributed by atoms with Crippen LogP contribution in [0.2, 0.25) is 0 Å². The topological polar surface area (TPSA) is 12.5 Å². The molecule has 17 heavy (non-hydrogen) atoms. The summed E-state index contributed by atoms with van der Waals surface area (Å²) >= 11 is 0. The molecule has 0 bridgehead atoms. The predicted octanol–water partition coefficient (Wildman–Crippen LogP) is 3.88. The Morgan fingerprint density at radius 3 is 2.18 bits per heavy atom. The lowest BCUT2D eigenvalue weighted by molar-refractivity contribution is 0.193. The Morgan fingerprint density at radius 1 is 1.06 bits per heavy atom. The molecule has 0 saturated carbocycles. The van der Waals surface area contributed by atoms with Crippen molar-refractivity contribution in [3.63, 3.8) is 0 Å². The SMILES string of the molecule is CC.COCCCCN(C)c1ccc(C)cc1. The smallest absolute Gasteiger partial charge is 0.0462 e. The van der Waals surface area contributed by atoms with E-state index in [1.807, 2.05) is 13.8 Å². The van der Waals surface area contributed by atoms with Crippen molar-refractivity contribution in [2.24, 2.45) is 0 Å². The number of benzene rings is 1. The molecule has 0 aliphatic rings. The maximum atomic E-state index is 5.03. The van der Waals surface area contributed by atoms with Crippen molar-refractivity contribution in [1.82, 2.24) is 0 Å². The van der Waals surface area contributed by atoms with E-state index in [4.69, 9.17) is 4.74 Å². The Balaban J connectivity index is 0.00000121. The molecule has 1 aromatic rings. The highest BCUT2D eigenvalue weighted by molar-refractivity contribution is 5.46. The minimum Gasteiger partial charge on any atom is -0.385 e. The van der Waals surface area contributed by atoms with Gasteiger partial charge in [0.15, 0.2) is 0 Å². The van der Waals surface area contributed by atoms with Gasteiger partial charge in [-0.05, 0) is 31.9 Å². The number of hydrogen-bond acceptors (Lipinski definition) is 2. The highest BCUT2D eigenvalue weighted by Crippen LogP contribution is 2.13. The molecule has 0 amide bonds. The zero-order chi connectivity index (χ0) is 13.1. The highest BCUT2D eigenvalue weighted by Gasteiger charge is 1.99. The quantitative estimate of drug-likeness (QED) is 0.696. The zero-order valence-electron chi connectivity index (χ0n) is 12.0. The molecular formula is C15H27NO. The Labute approximate surface area is 107 Å². The molecule has 0 aromatic heterocycles. The molecule has 0 saturated heterocycles. The highest BCUT2D eigenvalue weighted by atomic mass is 16.5. The van der Waals surface area contributed by atoms with E-state index in [0.29, 0.717) is 0 Å². The monoisotopic (exact) mass is 237 g/mol. The molecule has 0 aliphatic heterocycles. The van der Waals surface area contributed by atoms with Gasteiger partial charge in [0, 0.05) is 33.0 Å². The summed E-state index contributed by atoms with van der Waals surface area (Å²) in [4.78, 5) is 2.29. The van der Waals surface area contributed by atoms with Crippen LogP contribution < -0.4 is 4.90 Å². The van der Waals surface area contributed by atoms with Crippen LogP contribution in [0.1, 0.15) is 32.3 Å². The van der Waals surface area contributed by atoms with Gasteiger partial charge in [0.05, 0.1) is 0 Å². The third-order valence-corrected chi connectivity index (χ3v) is 2.57. The van der Waals surface area contributed by atoms with Gasteiger partial charge >= 0.3 is 0 Å². The minimum atomic E-state index is 0.863. The van der Waals surface area contributed by atoms with E-state index < -0.39 is 0 Å². The van der Waals surface area contributed by atoms with Crippen LogP contribution in [0, 0.1) is 6.92 Å². The fourth-order valence-electron chi connectivity index (χ4n) is 1.52. The van der Waals surface area contributed by atoms with Crippen molar-refractivity contribution < 1.29 is 4.74 Å². The lowest BCUT2D eigenvalue weighted by Crippen LogP contribution is -2.18. The predicted molar refractivity (Wildman–Crippen MR) is 76.9 cm³/mol. The van der Waals surface area contributed by atoms with E-state index in [0.717, 1.165) is 19.6 Å². The van der Waals surface area contributed by atoms with Crippen molar-refractivity contribution in [2.75, 3.05) is 32.2 Å². The Bertz CT molecular complexity index is 269. The normalized spacial score (nSPS) is 9.47. The molecular weight excluding hydrogens is 210 g/mol. The summed E-state index contributed by atoms with van der Waals surface area (Å²) in [5.41, 5.74) is 2.60. The summed E-state index contributed by atoms with van der Waals surface area (Å²) in [7, 11) is 3.89. The van der Waals surface area contributed by atoms with Crippen molar-refractivity contribution in [3.05, 3.63) is 29.8 Å². The summed E-state index contributed by atoms with van der Waals surface area (Å²) in [5.74, 6) is 0. The van der Waals surface area contributed by atoms with Crippen LogP contribution in [-0.2, 0) is 4.74 Å². The van der Waals surface area contributed by atoms with Crippen LogP contribution >= 0.6 is 0 Å². The second-order valence-electron chi connectivity index (χ2n) is 3.96.